The lowest BCUT2D eigenvalue weighted by Gasteiger charge is -2.30. The molecule has 1 fully saturated rings. The largest absolute Gasteiger partial charge is 0.497 e. The summed E-state index contributed by atoms with van der Waals surface area (Å²) in [7, 11) is 1.47. The van der Waals surface area contributed by atoms with Crippen LogP contribution in [0.5, 0.6) is 5.75 Å². The summed E-state index contributed by atoms with van der Waals surface area (Å²) in [5.41, 5.74) is 2.67. The highest BCUT2D eigenvalue weighted by Gasteiger charge is 2.36. The zero-order valence-corrected chi connectivity index (χ0v) is 18.4. The van der Waals surface area contributed by atoms with Crippen molar-refractivity contribution in [2.75, 3.05) is 12.4 Å². The van der Waals surface area contributed by atoms with Gasteiger partial charge in [0.15, 0.2) is 0 Å². The normalized spacial score (nSPS) is 16.3. The lowest BCUT2D eigenvalue weighted by molar-refractivity contribution is -0.0381. The number of anilines is 2. The van der Waals surface area contributed by atoms with Gasteiger partial charge in [0.1, 0.15) is 5.75 Å². The molecule has 0 aliphatic heterocycles. The van der Waals surface area contributed by atoms with Gasteiger partial charge in [-0.3, -0.25) is 4.98 Å². The molecule has 1 saturated carbocycles. The van der Waals surface area contributed by atoms with Gasteiger partial charge in [-0.1, -0.05) is 15.9 Å². The van der Waals surface area contributed by atoms with Crippen LogP contribution in [0.4, 0.5) is 20.2 Å². The molecule has 3 aromatic rings. The molecule has 0 radical (unpaired) electrons. The first kappa shape index (κ1) is 21.5. The summed E-state index contributed by atoms with van der Waals surface area (Å²) in [5, 5.41) is 13.8. The molecule has 2 aromatic carbocycles. The van der Waals surface area contributed by atoms with Gasteiger partial charge in [-0.25, -0.2) is 13.6 Å². The van der Waals surface area contributed by atoms with Gasteiger partial charge >= 0.3 is 5.97 Å². The van der Waals surface area contributed by atoms with Crippen LogP contribution in [0, 0.1) is 0 Å². The summed E-state index contributed by atoms with van der Waals surface area (Å²) < 4.78 is 33.5. The summed E-state index contributed by atoms with van der Waals surface area (Å²) in [5.74, 6) is -3.39. The fourth-order valence-electron chi connectivity index (χ4n) is 4.05. The zero-order valence-electron chi connectivity index (χ0n) is 16.8. The molecule has 1 aliphatic carbocycles. The number of halogens is 3. The van der Waals surface area contributed by atoms with E-state index in [2.05, 4.69) is 26.2 Å². The number of aromatic carboxylic acids is 1. The van der Waals surface area contributed by atoms with Gasteiger partial charge in [-0.15, -0.1) is 0 Å². The number of carboxylic acid groups (broad SMARTS) is 1. The highest BCUT2D eigenvalue weighted by molar-refractivity contribution is 9.10. The molecule has 1 aliphatic rings. The van der Waals surface area contributed by atoms with Crippen molar-refractivity contribution in [2.24, 2.45) is 0 Å². The van der Waals surface area contributed by atoms with Crippen molar-refractivity contribution in [3.05, 3.63) is 58.2 Å². The maximum absolute atomic E-state index is 13.7. The maximum Gasteiger partial charge on any atom is 0.337 e. The van der Waals surface area contributed by atoms with Crippen molar-refractivity contribution in [3.63, 3.8) is 0 Å². The molecular formula is C23H21BrF2N2O3. The number of hydrogen-bond acceptors (Lipinski definition) is 4. The lowest BCUT2D eigenvalue weighted by Crippen LogP contribution is -2.24. The zero-order chi connectivity index (χ0) is 22.2. The van der Waals surface area contributed by atoms with E-state index in [0.717, 1.165) is 20.9 Å². The molecule has 5 nitrogen and oxygen atoms in total. The second kappa shape index (κ2) is 8.42. The van der Waals surface area contributed by atoms with Crippen LogP contribution in [0.15, 0.2) is 47.1 Å². The fraction of sp³-hybridized carbons (Fsp3) is 0.304. The Balaban J connectivity index is 1.84. The highest BCUT2D eigenvalue weighted by Crippen LogP contribution is 2.45. The molecule has 8 heteroatoms. The number of rotatable bonds is 5. The maximum atomic E-state index is 13.7. The van der Waals surface area contributed by atoms with Crippen molar-refractivity contribution in [1.29, 1.82) is 0 Å². The van der Waals surface area contributed by atoms with Crippen LogP contribution < -0.4 is 10.1 Å². The van der Waals surface area contributed by atoms with E-state index in [4.69, 9.17) is 4.74 Å². The number of pyridine rings is 1. The molecule has 1 heterocycles. The molecule has 0 bridgehead atoms. The first-order chi connectivity index (χ1) is 14.8. The van der Waals surface area contributed by atoms with E-state index in [1.54, 1.807) is 18.3 Å². The molecule has 0 atom stereocenters. The van der Waals surface area contributed by atoms with E-state index in [1.807, 2.05) is 18.2 Å². The van der Waals surface area contributed by atoms with E-state index >= 15 is 0 Å². The summed E-state index contributed by atoms with van der Waals surface area (Å²) in [4.78, 5) is 16.4. The van der Waals surface area contributed by atoms with E-state index in [9.17, 15) is 18.7 Å². The van der Waals surface area contributed by atoms with Crippen molar-refractivity contribution < 1.29 is 23.4 Å². The van der Waals surface area contributed by atoms with Crippen LogP contribution >= 0.6 is 15.9 Å². The van der Waals surface area contributed by atoms with E-state index in [-0.39, 0.29) is 24.3 Å². The highest BCUT2D eigenvalue weighted by atomic mass is 79.9. The number of ether oxygens (including phenoxy) is 1. The van der Waals surface area contributed by atoms with Gasteiger partial charge < -0.3 is 15.2 Å². The minimum absolute atomic E-state index is 0.0560. The number of alkyl halides is 2. The Morgan fingerprint density at radius 1 is 1.23 bits per heavy atom. The predicted octanol–water partition coefficient (Wildman–Crippen LogP) is 6.74. The fourth-order valence-corrected chi connectivity index (χ4v) is 4.41. The second-order valence-corrected chi connectivity index (χ2v) is 8.64. The van der Waals surface area contributed by atoms with Crippen molar-refractivity contribution in [2.45, 2.75) is 37.5 Å². The Hall–Kier alpha value is -2.74. The van der Waals surface area contributed by atoms with Crippen LogP contribution in [0.25, 0.3) is 10.9 Å². The first-order valence-corrected chi connectivity index (χ1v) is 10.7. The Morgan fingerprint density at radius 3 is 2.65 bits per heavy atom. The summed E-state index contributed by atoms with van der Waals surface area (Å²) in [6.45, 7) is 0. The van der Waals surface area contributed by atoms with E-state index in [1.165, 1.54) is 13.2 Å². The number of nitrogens with zero attached hydrogens (tertiary/aromatic N) is 1. The minimum Gasteiger partial charge on any atom is -0.497 e. The predicted molar refractivity (Wildman–Crippen MR) is 119 cm³/mol. The molecule has 0 amide bonds. The standard InChI is InChI=1S/C23H21BrF2N2O3/c1-31-15-3-5-20(17(11-15)22(29)30)28-21-16-10-14(24)2-4-19(16)27-12-18(21)13-6-8-23(25,26)9-7-13/h2-5,10-13H,6-9H2,1H3,(H,27,28)(H,29,30). The number of carbonyl (C=O) groups is 1. The minimum atomic E-state index is -2.64. The monoisotopic (exact) mass is 490 g/mol. The molecule has 1 aromatic heterocycles. The second-order valence-electron chi connectivity index (χ2n) is 7.72. The van der Waals surface area contributed by atoms with Gasteiger partial charge in [0.25, 0.3) is 0 Å². The van der Waals surface area contributed by atoms with Gasteiger partial charge in [0.05, 0.1) is 29.6 Å². The molecular weight excluding hydrogens is 470 g/mol. The number of nitrogens with one attached hydrogen (secondary N) is 1. The third kappa shape index (κ3) is 4.49. The molecule has 4 rings (SSSR count). The smallest absolute Gasteiger partial charge is 0.337 e. The topological polar surface area (TPSA) is 71.5 Å². The van der Waals surface area contributed by atoms with Gasteiger partial charge in [0.2, 0.25) is 5.92 Å². The molecule has 0 unspecified atom stereocenters. The Morgan fingerprint density at radius 2 is 1.97 bits per heavy atom. The molecule has 162 valence electrons. The number of carboxylic acids is 1. The summed E-state index contributed by atoms with van der Waals surface area (Å²) >= 11 is 3.48. The van der Waals surface area contributed by atoms with Crippen molar-refractivity contribution >= 4 is 44.2 Å². The number of methoxy groups -OCH3 is 1. The Bertz CT molecular complexity index is 1140. The van der Waals surface area contributed by atoms with Crippen LogP contribution in [-0.2, 0) is 0 Å². The molecule has 0 spiro atoms. The Kier molecular flexibility index (Phi) is 5.83. The first-order valence-electron chi connectivity index (χ1n) is 9.92. The van der Waals surface area contributed by atoms with Crippen LogP contribution in [-0.4, -0.2) is 29.1 Å². The average molecular weight is 491 g/mol. The van der Waals surface area contributed by atoms with Crippen LogP contribution in [0.3, 0.4) is 0 Å². The van der Waals surface area contributed by atoms with E-state index < -0.39 is 11.9 Å². The van der Waals surface area contributed by atoms with Crippen LogP contribution in [0.2, 0.25) is 0 Å². The molecule has 31 heavy (non-hydrogen) atoms. The molecule has 0 saturated heterocycles. The number of aromatic nitrogens is 1. The number of hydrogen-bond donors (Lipinski definition) is 2. The number of benzene rings is 2. The van der Waals surface area contributed by atoms with Crippen LogP contribution in [0.1, 0.15) is 47.5 Å². The summed E-state index contributed by atoms with van der Waals surface area (Å²) in [6, 6.07) is 10.4. The summed E-state index contributed by atoms with van der Waals surface area (Å²) in [6.07, 6.45) is 2.07. The van der Waals surface area contributed by atoms with Gasteiger partial charge in [-0.05, 0) is 60.7 Å². The SMILES string of the molecule is COc1ccc(Nc2c(C3CCC(F)(F)CC3)cnc3ccc(Br)cc23)c(C(=O)O)c1. The third-order valence-electron chi connectivity index (χ3n) is 5.73. The quantitative estimate of drug-likeness (QED) is 0.414. The van der Waals surface area contributed by atoms with Crippen molar-refractivity contribution in [1.82, 2.24) is 4.98 Å². The van der Waals surface area contributed by atoms with E-state index in [0.29, 0.717) is 30.0 Å². The molecule has 2 N–H and O–H groups in total. The third-order valence-corrected chi connectivity index (χ3v) is 6.23. The Labute approximate surface area is 186 Å². The van der Waals surface area contributed by atoms with Gasteiger partial charge in [0, 0.05) is 28.9 Å². The average Bonchev–Trinajstić information content (AvgIpc) is 2.74. The number of fused-ring (bicyclic) bond motifs is 1. The van der Waals surface area contributed by atoms with Crippen molar-refractivity contribution in [3.8, 4) is 5.75 Å². The lowest BCUT2D eigenvalue weighted by atomic mass is 9.81. The van der Waals surface area contributed by atoms with Gasteiger partial charge in [-0.2, -0.15) is 0 Å².